The van der Waals surface area contributed by atoms with Gasteiger partial charge in [0.1, 0.15) is 0 Å². The van der Waals surface area contributed by atoms with Crippen LogP contribution in [0.4, 0.5) is 0 Å². The fourth-order valence-corrected chi connectivity index (χ4v) is 2.99. The molecule has 0 radical (unpaired) electrons. The number of halogens is 1. The Balaban J connectivity index is 1.76. The molecule has 0 spiro atoms. The zero-order valence-electron chi connectivity index (χ0n) is 14.1. The summed E-state index contributed by atoms with van der Waals surface area (Å²) in [6.07, 6.45) is 5.90. The monoisotopic (exact) mass is 343 g/mol. The third kappa shape index (κ3) is 4.04. The molecule has 6 heteroatoms. The molecule has 0 saturated carbocycles. The van der Waals surface area contributed by atoms with Crippen LogP contribution in [0, 0.1) is 0 Å². The Morgan fingerprint density at radius 3 is 2.83 bits per heavy atom. The summed E-state index contributed by atoms with van der Waals surface area (Å²) >= 11 is 6.14. The van der Waals surface area contributed by atoms with Gasteiger partial charge in [-0.05, 0) is 24.7 Å². The van der Waals surface area contributed by atoms with Crippen molar-refractivity contribution in [2.75, 3.05) is 13.1 Å². The quantitative estimate of drug-likeness (QED) is 0.659. The molecule has 0 bridgehead atoms. The van der Waals surface area contributed by atoms with Crippen LogP contribution in [0.3, 0.4) is 0 Å². The van der Waals surface area contributed by atoms with Crippen molar-refractivity contribution < 1.29 is 0 Å². The number of hydrogen-bond acceptors (Lipinski definition) is 3. The molecule has 0 fully saturated rings. The van der Waals surface area contributed by atoms with Gasteiger partial charge in [0.2, 0.25) is 0 Å². The zero-order chi connectivity index (χ0) is 16.9. The molecule has 1 aromatic carbocycles. The maximum absolute atomic E-state index is 6.14. The van der Waals surface area contributed by atoms with Gasteiger partial charge < -0.3 is 0 Å². The Morgan fingerprint density at radius 1 is 1.25 bits per heavy atom. The van der Waals surface area contributed by atoms with Gasteiger partial charge in [0, 0.05) is 54.9 Å². The number of aryl methyl sites for hydroxylation is 1. The zero-order valence-corrected chi connectivity index (χ0v) is 14.8. The summed E-state index contributed by atoms with van der Waals surface area (Å²) in [6.45, 7) is 5.84. The van der Waals surface area contributed by atoms with Gasteiger partial charge in [-0.3, -0.25) is 14.3 Å². The highest BCUT2D eigenvalue weighted by Gasteiger charge is 2.13. The molecule has 24 heavy (non-hydrogen) atoms. The molecule has 0 aliphatic heterocycles. The molecule has 0 saturated heterocycles. The molecule has 0 aliphatic rings. The standard InChI is InChI=1S/C18H22ClN5/c1-3-23(10-11-24-9-5-8-20-24)14-16-13-22(2)21-18(16)15-6-4-7-17(19)12-15/h4-9,12-13H,3,10-11,14H2,1-2H3. The van der Waals surface area contributed by atoms with Crippen LogP contribution >= 0.6 is 11.6 Å². The first-order chi connectivity index (χ1) is 11.7. The summed E-state index contributed by atoms with van der Waals surface area (Å²) in [4.78, 5) is 2.40. The lowest BCUT2D eigenvalue weighted by Crippen LogP contribution is -2.27. The van der Waals surface area contributed by atoms with Crippen LogP contribution in [0.25, 0.3) is 11.3 Å². The summed E-state index contributed by atoms with van der Waals surface area (Å²) in [5.74, 6) is 0. The number of rotatable bonds is 7. The van der Waals surface area contributed by atoms with Crippen LogP contribution in [0.5, 0.6) is 0 Å². The van der Waals surface area contributed by atoms with Gasteiger partial charge in [-0.15, -0.1) is 0 Å². The van der Waals surface area contributed by atoms with Crippen molar-refractivity contribution in [1.29, 1.82) is 0 Å². The van der Waals surface area contributed by atoms with Crippen LogP contribution in [0.15, 0.2) is 48.9 Å². The largest absolute Gasteiger partial charge is 0.297 e. The molecule has 3 aromatic rings. The van der Waals surface area contributed by atoms with Gasteiger partial charge in [0.25, 0.3) is 0 Å². The Morgan fingerprint density at radius 2 is 2.12 bits per heavy atom. The second kappa shape index (κ2) is 7.64. The first-order valence-electron chi connectivity index (χ1n) is 8.14. The predicted octanol–water partition coefficient (Wildman–Crippen LogP) is 3.46. The van der Waals surface area contributed by atoms with Crippen molar-refractivity contribution in [2.24, 2.45) is 7.05 Å². The first kappa shape index (κ1) is 16.7. The van der Waals surface area contributed by atoms with Crippen molar-refractivity contribution >= 4 is 11.6 Å². The van der Waals surface area contributed by atoms with E-state index < -0.39 is 0 Å². The number of nitrogens with zero attached hydrogens (tertiary/aromatic N) is 5. The van der Waals surface area contributed by atoms with Crippen LogP contribution in [-0.2, 0) is 20.1 Å². The maximum Gasteiger partial charge on any atom is 0.0968 e. The third-order valence-electron chi connectivity index (χ3n) is 4.05. The lowest BCUT2D eigenvalue weighted by atomic mass is 10.1. The highest BCUT2D eigenvalue weighted by molar-refractivity contribution is 6.30. The lowest BCUT2D eigenvalue weighted by molar-refractivity contribution is 0.263. The molecule has 126 valence electrons. The lowest BCUT2D eigenvalue weighted by Gasteiger charge is -2.20. The Labute approximate surface area is 147 Å². The van der Waals surface area contributed by atoms with Crippen molar-refractivity contribution in [3.8, 4) is 11.3 Å². The molecule has 0 N–H and O–H groups in total. The van der Waals surface area contributed by atoms with E-state index in [1.165, 1.54) is 5.56 Å². The van der Waals surface area contributed by atoms with Crippen molar-refractivity contribution in [2.45, 2.75) is 20.0 Å². The Kier molecular flexibility index (Phi) is 5.33. The van der Waals surface area contributed by atoms with Gasteiger partial charge in [0.05, 0.1) is 12.2 Å². The normalized spacial score (nSPS) is 11.3. The summed E-state index contributed by atoms with van der Waals surface area (Å²) in [6, 6.07) is 9.82. The number of hydrogen-bond donors (Lipinski definition) is 0. The molecule has 2 aromatic heterocycles. The van der Waals surface area contributed by atoms with Crippen molar-refractivity contribution in [3.05, 3.63) is 59.5 Å². The SMILES string of the molecule is CCN(CCn1cccn1)Cc1cn(C)nc1-c1cccc(Cl)c1. The van der Waals surface area contributed by atoms with Gasteiger partial charge in [-0.1, -0.05) is 30.7 Å². The molecule has 5 nitrogen and oxygen atoms in total. The molecule has 0 amide bonds. The van der Waals surface area contributed by atoms with Gasteiger partial charge in [-0.2, -0.15) is 10.2 Å². The number of benzene rings is 1. The van der Waals surface area contributed by atoms with Crippen LogP contribution in [0.2, 0.25) is 5.02 Å². The molecule has 0 unspecified atom stereocenters. The summed E-state index contributed by atoms with van der Waals surface area (Å²) < 4.78 is 3.83. The minimum atomic E-state index is 0.732. The molecule has 2 heterocycles. The molecular weight excluding hydrogens is 322 g/mol. The first-order valence-corrected chi connectivity index (χ1v) is 8.51. The van der Waals surface area contributed by atoms with Crippen LogP contribution in [0.1, 0.15) is 12.5 Å². The second-order valence-corrected chi connectivity index (χ2v) is 6.26. The highest BCUT2D eigenvalue weighted by Crippen LogP contribution is 2.25. The van der Waals surface area contributed by atoms with E-state index in [2.05, 4.69) is 34.3 Å². The highest BCUT2D eigenvalue weighted by atomic mass is 35.5. The average Bonchev–Trinajstić information content (AvgIpc) is 3.21. The minimum absolute atomic E-state index is 0.732. The molecule has 0 aliphatic carbocycles. The van der Waals surface area contributed by atoms with E-state index in [-0.39, 0.29) is 0 Å². The average molecular weight is 344 g/mol. The second-order valence-electron chi connectivity index (χ2n) is 5.82. The summed E-state index contributed by atoms with van der Waals surface area (Å²) in [5, 5.41) is 9.63. The van der Waals surface area contributed by atoms with E-state index in [0.29, 0.717) is 0 Å². The van der Waals surface area contributed by atoms with E-state index >= 15 is 0 Å². The maximum atomic E-state index is 6.14. The molecular formula is C18H22ClN5. The van der Waals surface area contributed by atoms with Crippen molar-refractivity contribution in [3.63, 3.8) is 0 Å². The van der Waals surface area contributed by atoms with Gasteiger partial charge >= 0.3 is 0 Å². The van der Waals surface area contributed by atoms with Gasteiger partial charge in [-0.25, -0.2) is 0 Å². The summed E-state index contributed by atoms with van der Waals surface area (Å²) in [7, 11) is 1.96. The number of aromatic nitrogens is 4. The fourth-order valence-electron chi connectivity index (χ4n) is 2.80. The molecule has 0 atom stereocenters. The van der Waals surface area contributed by atoms with Crippen LogP contribution in [-0.4, -0.2) is 37.6 Å². The number of likely N-dealkylation sites (N-methyl/N-ethyl adjacent to an activating group) is 1. The Bertz CT molecular complexity index is 779. The van der Waals surface area contributed by atoms with Crippen LogP contribution < -0.4 is 0 Å². The molecule has 3 rings (SSSR count). The summed E-state index contributed by atoms with van der Waals surface area (Å²) in [5.41, 5.74) is 3.26. The smallest absolute Gasteiger partial charge is 0.0968 e. The predicted molar refractivity (Wildman–Crippen MR) is 96.8 cm³/mol. The van der Waals surface area contributed by atoms with Crippen molar-refractivity contribution in [1.82, 2.24) is 24.5 Å². The van der Waals surface area contributed by atoms with E-state index in [9.17, 15) is 0 Å². The van der Waals surface area contributed by atoms with E-state index in [1.807, 2.05) is 53.1 Å². The van der Waals surface area contributed by atoms with E-state index in [0.717, 1.165) is 42.5 Å². The topological polar surface area (TPSA) is 38.9 Å². The minimum Gasteiger partial charge on any atom is -0.297 e. The fraction of sp³-hybridized carbons (Fsp3) is 0.333. The van der Waals surface area contributed by atoms with E-state index in [1.54, 1.807) is 0 Å². The van der Waals surface area contributed by atoms with Gasteiger partial charge in [0.15, 0.2) is 0 Å². The third-order valence-corrected chi connectivity index (χ3v) is 4.28. The van der Waals surface area contributed by atoms with E-state index in [4.69, 9.17) is 11.6 Å². The Hall–Kier alpha value is -2.11.